The van der Waals surface area contributed by atoms with Crippen LogP contribution in [-0.4, -0.2) is 71.3 Å². The van der Waals surface area contributed by atoms with Gasteiger partial charge in [-0.25, -0.2) is 0 Å². The topological polar surface area (TPSA) is 209 Å². The monoisotopic (exact) mass is 548 g/mol. The fourth-order valence-electron chi connectivity index (χ4n) is 3.92. The van der Waals surface area contributed by atoms with Gasteiger partial charge >= 0.3 is 10.2 Å². The zero-order valence-corrected chi connectivity index (χ0v) is 22.0. The molecule has 0 saturated heterocycles. The molecule has 6 N–H and O–H groups in total. The lowest BCUT2D eigenvalue weighted by molar-refractivity contribution is -0.482. The van der Waals surface area contributed by atoms with E-state index in [4.69, 9.17) is 16.3 Å². The van der Waals surface area contributed by atoms with Crippen LogP contribution in [0.15, 0.2) is 46.7 Å². The molecule has 2 heterocycles. The number of aliphatic carboxylic acids is 1. The molecular formula is C23H32N8O6S. The predicted octanol–water partition coefficient (Wildman–Crippen LogP) is -2.30. The Balaban J connectivity index is 1.61. The van der Waals surface area contributed by atoms with E-state index in [1.807, 2.05) is 25.1 Å². The van der Waals surface area contributed by atoms with Crippen LogP contribution in [0.2, 0.25) is 0 Å². The van der Waals surface area contributed by atoms with E-state index in [1.165, 1.54) is 6.20 Å². The summed E-state index contributed by atoms with van der Waals surface area (Å²) in [4.78, 5) is 35.2. The Hall–Kier alpha value is -3.98. The summed E-state index contributed by atoms with van der Waals surface area (Å²) in [6.45, 7) is -0.0749. The van der Waals surface area contributed by atoms with Gasteiger partial charge in [0.15, 0.2) is 12.2 Å². The maximum absolute atomic E-state index is 13.1. The molecule has 3 rings (SSSR count). The van der Waals surface area contributed by atoms with E-state index < -0.39 is 34.7 Å². The molecule has 1 amide bonds. The number of nitrogens with zero attached hydrogens (tertiary/aromatic N) is 4. The fourth-order valence-corrected chi connectivity index (χ4v) is 5.22. The second kappa shape index (κ2) is 12.5. The zero-order chi connectivity index (χ0) is 27.9. The molecule has 0 saturated carbocycles. The van der Waals surface area contributed by atoms with Gasteiger partial charge in [0.25, 0.3) is 5.91 Å². The quantitative estimate of drug-likeness (QED) is 0.0916. The van der Waals surface area contributed by atoms with Crippen LogP contribution >= 0.6 is 0 Å². The minimum Gasteiger partial charge on any atom is -0.548 e. The van der Waals surface area contributed by atoms with Gasteiger partial charge in [0.05, 0.1) is 23.1 Å². The van der Waals surface area contributed by atoms with Gasteiger partial charge in [0.1, 0.15) is 11.8 Å². The number of carboxylic acids is 1. The van der Waals surface area contributed by atoms with Crippen LogP contribution in [0, 0.1) is 0 Å². The minimum atomic E-state index is -4.37. The number of fused-ring (bicyclic) bond motifs is 1. The van der Waals surface area contributed by atoms with E-state index in [0.29, 0.717) is 23.9 Å². The van der Waals surface area contributed by atoms with E-state index in [9.17, 15) is 23.1 Å². The number of hydrogen-bond donors (Lipinski definition) is 4. The summed E-state index contributed by atoms with van der Waals surface area (Å²) < 4.78 is 29.3. The number of hydrogen-bond acceptors (Lipinski definition) is 9. The third kappa shape index (κ3) is 7.29. The molecule has 1 aliphatic heterocycles. The molecule has 1 unspecified atom stereocenters. The summed E-state index contributed by atoms with van der Waals surface area (Å²) in [5.41, 5.74) is 11.8. The molecule has 1 aromatic carbocycles. The van der Waals surface area contributed by atoms with Crippen molar-refractivity contribution < 1.29 is 31.9 Å². The van der Waals surface area contributed by atoms with Gasteiger partial charge in [-0.05, 0) is 31.4 Å². The summed E-state index contributed by atoms with van der Waals surface area (Å²) >= 11 is 0. The Labute approximate surface area is 220 Å². The molecule has 0 spiro atoms. The van der Waals surface area contributed by atoms with Gasteiger partial charge in [-0.1, -0.05) is 15.2 Å². The molecule has 1 aromatic heterocycles. The number of nitrogens with one attached hydrogen (secondary N) is 2. The third-order valence-electron chi connectivity index (χ3n) is 5.79. The van der Waals surface area contributed by atoms with Crippen molar-refractivity contribution in [3.05, 3.63) is 36.5 Å². The Morgan fingerprint density at radius 1 is 1.26 bits per heavy atom. The van der Waals surface area contributed by atoms with Gasteiger partial charge < -0.3 is 36.4 Å². The van der Waals surface area contributed by atoms with Gasteiger partial charge in [-0.3, -0.25) is 9.79 Å². The standard InChI is InChI=1S/C23H32N8O6S/c1-30(2)19-9-5-10-20-16(19)8-6-12-31(20)38(35,36)29-18(22(33)34)14-27-21(32)17-13-15(37-28-17)7-3-4-11-26-23(24)25/h5-6,8-10,12,15,18,29H,3-4,7,11,13-14H2,1-2H3,(H5-,24,25,26,27,32,33,34)/t15?,18-/m0/s1. The molecule has 15 heteroatoms. The lowest BCUT2D eigenvalue weighted by Crippen LogP contribution is -2.60. The average Bonchev–Trinajstić information content (AvgIpc) is 3.34. The normalized spacial score (nSPS) is 15.8. The van der Waals surface area contributed by atoms with Crippen LogP contribution in [0.25, 0.3) is 10.9 Å². The molecular weight excluding hydrogens is 516 g/mol. The number of oxime groups is 1. The highest BCUT2D eigenvalue weighted by molar-refractivity contribution is 7.83. The number of benzene rings is 1. The molecule has 2 atom stereocenters. The highest BCUT2D eigenvalue weighted by atomic mass is 32.2. The SMILES string of the molecule is CN(C)c1cccc2c1ccc[n+]2S(=O)(=O)N[C@@H](CNC(=O)C1=NOC(CCCCN=C(N)N)C1)C(=O)[O-]. The number of carbonyl (C=O) groups excluding carboxylic acids is 2. The Morgan fingerprint density at radius 2 is 2.03 bits per heavy atom. The van der Waals surface area contributed by atoms with Crippen molar-refractivity contribution in [3.63, 3.8) is 0 Å². The van der Waals surface area contributed by atoms with Gasteiger partial charge in [-0.2, -0.15) is 0 Å². The number of aromatic nitrogens is 1. The second-order valence-corrected chi connectivity index (χ2v) is 10.5. The second-order valence-electron chi connectivity index (χ2n) is 8.88. The molecule has 2 aromatic rings. The maximum Gasteiger partial charge on any atom is 0.446 e. The molecule has 14 nitrogen and oxygen atoms in total. The van der Waals surface area contributed by atoms with Crippen molar-refractivity contribution in [3.8, 4) is 0 Å². The number of pyridine rings is 1. The Kier molecular flexibility index (Phi) is 9.41. The summed E-state index contributed by atoms with van der Waals surface area (Å²) in [5, 5.41) is 18.5. The van der Waals surface area contributed by atoms with E-state index in [-0.39, 0.29) is 24.2 Å². The summed E-state index contributed by atoms with van der Waals surface area (Å²) in [5.74, 6) is -2.34. The van der Waals surface area contributed by atoms with Crippen molar-refractivity contribution in [2.45, 2.75) is 37.8 Å². The van der Waals surface area contributed by atoms with E-state index in [1.54, 1.807) is 24.3 Å². The molecule has 0 radical (unpaired) electrons. The van der Waals surface area contributed by atoms with Crippen molar-refractivity contribution in [1.29, 1.82) is 0 Å². The van der Waals surface area contributed by atoms with Crippen LogP contribution in [0.3, 0.4) is 0 Å². The predicted molar refractivity (Wildman–Crippen MR) is 139 cm³/mol. The first-order valence-corrected chi connectivity index (χ1v) is 13.3. The fraction of sp³-hybridized carbons (Fsp3) is 0.435. The Bertz CT molecular complexity index is 1340. The number of aliphatic imine (C=N–C) groups is 1. The Morgan fingerprint density at radius 3 is 2.71 bits per heavy atom. The van der Waals surface area contributed by atoms with Crippen molar-refractivity contribution >= 4 is 50.3 Å². The van der Waals surface area contributed by atoms with E-state index >= 15 is 0 Å². The van der Waals surface area contributed by atoms with E-state index in [0.717, 1.165) is 22.5 Å². The first-order valence-electron chi connectivity index (χ1n) is 11.9. The van der Waals surface area contributed by atoms with Crippen LogP contribution in [0.4, 0.5) is 5.69 Å². The first-order chi connectivity index (χ1) is 18.0. The van der Waals surface area contributed by atoms with Crippen LogP contribution < -0.4 is 35.5 Å². The number of nitrogens with two attached hydrogens (primary N) is 2. The van der Waals surface area contributed by atoms with Gasteiger partial charge in [0.2, 0.25) is 5.52 Å². The number of rotatable bonds is 13. The minimum absolute atomic E-state index is 0.0238. The van der Waals surface area contributed by atoms with E-state index in [2.05, 4.69) is 20.2 Å². The van der Waals surface area contributed by atoms with Crippen LogP contribution in [0.1, 0.15) is 25.7 Å². The number of anilines is 1. The highest BCUT2D eigenvalue weighted by Crippen LogP contribution is 2.23. The largest absolute Gasteiger partial charge is 0.548 e. The van der Waals surface area contributed by atoms with Crippen LogP contribution in [-0.2, 0) is 24.6 Å². The van der Waals surface area contributed by atoms with Gasteiger partial charge in [-0.15, -0.1) is 13.1 Å². The lowest BCUT2D eigenvalue weighted by atomic mass is 10.1. The molecule has 0 aliphatic carbocycles. The maximum atomic E-state index is 13.1. The van der Waals surface area contributed by atoms with Crippen molar-refractivity contribution in [1.82, 2.24) is 10.0 Å². The smallest absolute Gasteiger partial charge is 0.446 e. The molecule has 0 bridgehead atoms. The third-order valence-corrected chi connectivity index (χ3v) is 7.21. The van der Waals surface area contributed by atoms with Crippen LogP contribution in [0.5, 0.6) is 0 Å². The van der Waals surface area contributed by atoms with Gasteiger partial charge in [0, 0.05) is 45.7 Å². The number of carbonyl (C=O) groups is 2. The number of guanidine groups is 1. The molecule has 206 valence electrons. The number of amides is 1. The lowest BCUT2D eigenvalue weighted by Gasteiger charge is -2.18. The summed E-state index contributed by atoms with van der Waals surface area (Å²) in [7, 11) is -0.725. The number of carboxylic acid groups (broad SMARTS) is 1. The highest BCUT2D eigenvalue weighted by Gasteiger charge is 2.31. The molecule has 1 aliphatic rings. The van der Waals surface area contributed by atoms with Crippen molar-refractivity contribution in [2.24, 2.45) is 21.6 Å². The average molecular weight is 549 g/mol. The number of unbranched alkanes of at least 4 members (excludes halogenated alkanes) is 1. The van der Waals surface area contributed by atoms with Crippen molar-refractivity contribution in [2.75, 3.05) is 32.1 Å². The summed E-state index contributed by atoms with van der Waals surface area (Å²) in [6.07, 6.45) is 3.34. The zero-order valence-electron chi connectivity index (χ0n) is 21.2. The molecule has 0 fully saturated rings. The summed E-state index contributed by atoms with van der Waals surface area (Å²) in [6, 6.07) is 6.69. The molecule has 38 heavy (non-hydrogen) atoms. The first kappa shape index (κ1) is 28.6.